The van der Waals surface area contributed by atoms with E-state index in [1.54, 1.807) is 6.92 Å². The van der Waals surface area contributed by atoms with Crippen molar-refractivity contribution in [3.05, 3.63) is 36.9 Å². The van der Waals surface area contributed by atoms with Crippen molar-refractivity contribution in [2.24, 2.45) is 0 Å². The van der Waals surface area contributed by atoms with Crippen LogP contribution < -0.4 is 15.5 Å². The van der Waals surface area contributed by atoms with E-state index in [0.29, 0.717) is 0 Å². The lowest BCUT2D eigenvalue weighted by atomic mass is 10.2. The molecule has 1 fully saturated rings. The first-order valence-corrected chi connectivity index (χ1v) is 7.66. The number of rotatable bonds is 6. The quantitative estimate of drug-likeness (QED) is 0.793. The smallest absolute Gasteiger partial charge is 0.243 e. The van der Waals surface area contributed by atoms with Crippen LogP contribution >= 0.6 is 0 Å². The van der Waals surface area contributed by atoms with Gasteiger partial charge in [0.1, 0.15) is 0 Å². The van der Waals surface area contributed by atoms with E-state index in [-0.39, 0.29) is 24.3 Å². The van der Waals surface area contributed by atoms with Crippen molar-refractivity contribution in [2.45, 2.75) is 32.2 Å². The normalized spacial score (nSPS) is 15.2. The Kier molecular flexibility index (Phi) is 5.58. The van der Waals surface area contributed by atoms with Gasteiger partial charge >= 0.3 is 0 Å². The first-order valence-electron chi connectivity index (χ1n) is 7.66. The highest BCUT2D eigenvalue weighted by molar-refractivity contribution is 5.92. The molecule has 118 valence electrons. The van der Waals surface area contributed by atoms with Gasteiger partial charge in [-0.15, -0.1) is 0 Å². The fraction of sp³-hybridized carbons (Fsp3) is 0.412. The first-order chi connectivity index (χ1) is 10.6. The zero-order valence-electron chi connectivity index (χ0n) is 13.0. The van der Waals surface area contributed by atoms with Gasteiger partial charge in [0.15, 0.2) is 0 Å². The molecule has 0 aromatic heterocycles. The highest BCUT2D eigenvalue weighted by atomic mass is 16.2. The monoisotopic (exact) mass is 301 g/mol. The van der Waals surface area contributed by atoms with E-state index < -0.39 is 0 Å². The number of carbonyl (C=O) groups is 2. The summed E-state index contributed by atoms with van der Waals surface area (Å²) in [4.78, 5) is 25.5. The topological polar surface area (TPSA) is 61.4 Å². The number of carbonyl (C=O) groups excluding carboxylic acids is 2. The predicted octanol–water partition coefficient (Wildman–Crippen LogP) is 2.31. The summed E-state index contributed by atoms with van der Waals surface area (Å²) in [6.45, 7) is 7.33. The Labute approximate surface area is 131 Å². The molecule has 5 nitrogen and oxygen atoms in total. The van der Waals surface area contributed by atoms with Crippen LogP contribution in [0.4, 0.5) is 11.4 Å². The van der Waals surface area contributed by atoms with Crippen molar-refractivity contribution in [3.63, 3.8) is 0 Å². The maximum Gasteiger partial charge on any atom is 0.243 e. The summed E-state index contributed by atoms with van der Waals surface area (Å²) in [5.41, 5.74) is 1.93. The predicted molar refractivity (Wildman–Crippen MR) is 88.9 cm³/mol. The zero-order chi connectivity index (χ0) is 15.9. The number of hydrogen-bond donors (Lipinski definition) is 2. The van der Waals surface area contributed by atoms with Gasteiger partial charge in [0.05, 0.1) is 0 Å². The number of benzene rings is 1. The van der Waals surface area contributed by atoms with Gasteiger partial charge in [-0.05, 0) is 44.0 Å². The van der Waals surface area contributed by atoms with Gasteiger partial charge in [-0.2, -0.15) is 0 Å². The molecule has 2 rings (SSSR count). The van der Waals surface area contributed by atoms with Gasteiger partial charge in [0, 0.05) is 36.9 Å². The molecule has 0 bridgehead atoms. The standard InChI is InChI=1S/C17H23N3O2/c1-3-16(21)18-13(2)11-17(22)19-14-7-6-8-15(12-14)20-9-4-5-10-20/h3,6-8,12-13H,1,4-5,9-11H2,2H3,(H,18,21)(H,19,22)/t13-/m1/s1. The van der Waals surface area contributed by atoms with Crippen LogP contribution in [-0.4, -0.2) is 30.9 Å². The first kappa shape index (κ1) is 16.1. The summed E-state index contributed by atoms with van der Waals surface area (Å²) in [5.74, 6) is -0.383. The molecule has 1 atom stereocenters. The molecule has 0 spiro atoms. The average molecular weight is 301 g/mol. The van der Waals surface area contributed by atoms with Crippen molar-refractivity contribution in [2.75, 3.05) is 23.3 Å². The van der Waals surface area contributed by atoms with Crippen LogP contribution in [0.25, 0.3) is 0 Å². The minimum Gasteiger partial charge on any atom is -0.371 e. The molecule has 1 saturated heterocycles. The molecule has 0 saturated carbocycles. The third-order valence-electron chi connectivity index (χ3n) is 3.67. The summed E-state index contributed by atoms with van der Waals surface area (Å²) in [6, 6.07) is 7.66. The van der Waals surface area contributed by atoms with E-state index in [2.05, 4.69) is 28.2 Å². The van der Waals surface area contributed by atoms with Crippen LogP contribution in [-0.2, 0) is 9.59 Å². The van der Waals surface area contributed by atoms with Gasteiger partial charge in [-0.25, -0.2) is 0 Å². The van der Waals surface area contributed by atoms with Gasteiger partial charge < -0.3 is 15.5 Å². The van der Waals surface area contributed by atoms with Crippen molar-refractivity contribution >= 4 is 23.2 Å². The van der Waals surface area contributed by atoms with Gasteiger partial charge in [-0.1, -0.05) is 12.6 Å². The third-order valence-corrected chi connectivity index (χ3v) is 3.67. The summed E-state index contributed by atoms with van der Waals surface area (Å²) in [6.07, 6.45) is 3.87. The Morgan fingerprint density at radius 2 is 2.09 bits per heavy atom. The van der Waals surface area contributed by atoms with Crippen molar-refractivity contribution in [1.29, 1.82) is 0 Å². The second-order valence-electron chi connectivity index (χ2n) is 5.61. The molecule has 1 heterocycles. The molecule has 22 heavy (non-hydrogen) atoms. The van der Waals surface area contributed by atoms with Crippen LogP contribution in [0.15, 0.2) is 36.9 Å². The van der Waals surface area contributed by atoms with Gasteiger partial charge in [0.25, 0.3) is 0 Å². The van der Waals surface area contributed by atoms with E-state index in [1.165, 1.54) is 18.9 Å². The lowest BCUT2D eigenvalue weighted by Gasteiger charge is -2.18. The van der Waals surface area contributed by atoms with Crippen molar-refractivity contribution < 1.29 is 9.59 Å². The Hall–Kier alpha value is -2.30. The number of anilines is 2. The molecule has 5 heteroatoms. The molecular weight excluding hydrogens is 278 g/mol. The largest absolute Gasteiger partial charge is 0.371 e. The van der Waals surface area contributed by atoms with Crippen LogP contribution in [0, 0.1) is 0 Å². The molecule has 1 aromatic rings. The number of amides is 2. The zero-order valence-corrected chi connectivity index (χ0v) is 13.0. The Morgan fingerprint density at radius 1 is 1.36 bits per heavy atom. The SMILES string of the molecule is C=CC(=O)N[C@H](C)CC(=O)Nc1cccc(N2CCCC2)c1. The summed E-state index contributed by atoms with van der Waals surface area (Å²) in [7, 11) is 0. The molecular formula is C17H23N3O2. The van der Waals surface area contributed by atoms with Gasteiger partial charge in [-0.3, -0.25) is 9.59 Å². The van der Waals surface area contributed by atoms with E-state index >= 15 is 0 Å². The fourth-order valence-corrected chi connectivity index (χ4v) is 2.60. The Morgan fingerprint density at radius 3 is 2.77 bits per heavy atom. The molecule has 2 amide bonds. The number of nitrogens with one attached hydrogen (secondary N) is 2. The van der Waals surface area contributed by atoms with Crippen LogP contribution in [0.1, 0.15) is 26.2 Å². The minimum atomic E-state index is -0.267. The summed E-state index contributed by atoms with van der Waals surface area (Å²) in [5, 5.41) is 5.56. The van der Waals surface area contributed by atoms with Crippen LogP contribution in [0.2, 0.25) is 0 Å². The van der Waals surface area contributed by atoms with E-state index in [0.717, 1.165) is 24.5 Å². The Balaban J connectivity index is 1.89. The highest BCUT2D eigenvalue weighted by Gasteiger charge is 2.14. The van der Waals surface area contributed by atoms with E-state index in [9.17, 15) is 9.59 Å². The summed E-state index contributed by atoms with van der Waals surface area (Å²) >= 11 is 0. The average Bonchev–Trinajstić information content (AvgIpc) is 3.01. The number of nitrogens with zero attached hydrogens (tertiary/aromatic N) is 1. The maximum absolute atomic E-state index is 12.0. The van der Waals surface area contributed by atoms with Crippen molar-refractivity contribution in [1.82, 2.24) is 5.32 Å². The lowest BCUT2D eigenvalue weighted by Crippen LogP contribution is -2.34. The van der Waals surface area contributed by atoms with Crippen molar-refractivity contribution in [3.8, 4) is 0 Å². The maximum atomic E-state index is 12.0. The second-order valence-corrected chi connectivity index (χ2v) is 5.61. The molecule has 0 aliphatic carbocycles. The number of hydrogen-bond acceptors (Lipinski definition) is 3. The molecule has 0 radical (unpaired) electrons. The van der Waals surface area contributed by atoms with E-state index in [4.69, 9.17) is 0 Å². The minimum absolute atomic E-state index is 0.115. The molecule has 1 aliphatic rings. The second kappa shape index (κ2) is 7.64. The van der Waals surface area contributed by atoms with Crippen LogP contribution in [0.3, 0.4) is 0 Å². The fourth-order valence-electron chi connectivity index (χ4n) is 2.60. The third kappa shape index (κ3) is 4.62. The molecule has 0 unspecified atom stereocenters. The van der Waals surface area contributed by atoms with Crippen LogP contribution in [0.5, 0.6) is 0 Å². The van der Waals surface area contributed by atoms with Gasteiger partial charge in [0.2, 0.25) is 11.8 Å². The molecule has 2 N–H and O–H groups in total. The lowest BCUT2D eigenvalue weighted by molar-refractivity contribution is -0.118. The summed E-state index contributed by atoms with van der Waals surface area (Å²) < 4.78 is 0. The van der Waals surface area contributed by atoms with E-state index in [1.807, 2.05) is 18.2 Å². The molecule has 1 aliphatic heterocycles. The highest BCUT2D eigenvalue weighted by Crippen LogP contribution is 2.23. The molecule has 1 aromatic carbocycles. The Bertz CT molecular complexity index is 551.